The van der Waals surface area contributed by atoms with E-state index in [1.165, 1.54) is 19.2 Å². The minimum Gasteiger partial charge on any atom is -0.494 e. The maximum absolute atomic E-state index is 13.4. The summed E-state index contributed by atoms with van der Waals surface area (Å²) in [6.07, 6.45) is 0. The van der Waals surface area contributed by atoms with Crippen molar-refractivity contribution in [3.8, 4) is 5.75 Å². The van der Waals surface area contributed by atoms with Crippen molar-refractivity contribution in [2.45, 2.75) is 0 Å². The van der Waals surface area contributed by atoms with E-state index in [9.17, 15) is 9.18 Å². The molecule has 1 aromatic heterocycles. The molecule has 5 nitrogen and oxygen atoms in total. The molecular formula is C10H7ClFN3O2S. The molecule has 0 bridgehead atoms. The number of ether oxygens (including phenoxy) is 1. The number of halogens is 2. The van der Waals surface area contributed by atoms with Crippen molar-refractivity contribution in [1.29, 1.82) is 0 Å². The van der Waals surface area contributed by atoms with Crippen molar-refractivity contribution < 1.29 is 13.9 Å². The molecule has 0 spiro atoms. The summed E-state index contributed by atoms with van der Waals surface area (Å²) >= 11 is 6.50. The van der Waals surface area contributed by atoms with Crippen LogP contribution in [0.2, 0.25) is 4.47 Å². The van der Waals surface area contributed by atoms with Gasteiger partial charge in [-0.1, -0.05) is 11.3 Å². The molecule has 0 saturated heterocycles. The summed E-state index contributed by atoms with van der Waals surface area (Å²) in [5.41, 5.74) is 0.296. The molecule has 1 heterocycles. The van der Waals surface area contributed by atoms with Gasteiger partial charge < -0.3 is 10.1 Å². The Morgan fingerprint density at radius 3 is 2.83 bits per heavy atom. The van der Waals surface area contributed by atoms with E-state index < -0.39 is 11.7 Å². The molecule has 1 N–H and O–H groups in total. The van der Waals surface area contributed by atoms with Gasteiger partial charge in [0, 0.05) is 11.8 Å². The van der Waals surface area contributed by atoms with Gasteiger partial charge in [-0.05, 0) is 23.7 Å². The van der Waals surface area contributed by atoms with E-state index >= 15 is 0 Å². The van der Waals surface area contributed by atoms with Gasteiger partial charge in [-0.2, -0.15) is 0 Å². The van der Waals surface area contributed by atoms with Crippen molar-refractivity contribution >= 4 is 34.5 Å². The quantitative estimate of drug-likeness (QED) is 0.942. The molecule has 8 heteroatoms. The Morgan fingerprint density at radius 1 is 1.50 bits per heavy atom. The number of benzene rings is 1. The maximum Gasteiger partial charge on any atom is 0.286 e. The largest absolute Gasteiger partial charge is 0.494 e. The lowest BCUT2D eigenvalue weighted by Gasteiger charge is -2.05. The second-order valence-corrected chi connectivity index (χ2v) is 4.72. The van der Waals surface area contributed by atoms with E-state index in [1.54, 1.807) is 0 Å². The van der Waals surface area contributed by atoms with Gasteiger partial charge in [0.1, 0.15) is 0 Å². The first kappa shape index (κ1) is 12.7. The molecule has 2 aromatic rings. The molecule has 0 radical (unpaired) electrons. The number of methoxy groups -OCH3 is 1. The average Bonchev–Trinajstić information content (AvgIpc) is 2.76. The lowest BCUT2D eigenvalue weighted by atomic mass is 10.3. The molecule has 0 atom stereocenters. The summed E-state index contributed by atoms with van der Waals surface area (Å²) in [6.45, 7) is 0. The average molecular weight is 288 g/mol. The predicted molar refractivity (Wildman–Crippen MR) is 65.8 cm³/mol. The van der Waals surface area contributed by atoms with Gasteiger partial charge in [0.2, 0.25) is 9.47 Å². The molecule has 94 valence electrons. The molecule has 0 aliphatic heterocycles. The first-order chi connectivity index (χ1) is 8.60. The van der Waals surface area contributed by atoms with E-state index in [1.807, 2.05) is 0 Å². The topological polar surface area (TPSA) is 64.1 Å². The number of nitrogens with one attached hydrogen (secondary N) is 1. The van der Waals surface area contributed by atoms with Gasteiger partial charge in [0.25, 0.3) is 5.91 Å². The zero-order valence-electron chi connectivity index (χ0n) is 9.11. The van der Waals surface area contributed by atoms with Crippen LogP contribution in [0.25, 0.3) is 0 Å². The summed E-state index contributed by atoms with van der Waals surface area (Å²) in [6, 6.07) is 4.08. The number of carbonyl (C=O) groups excluding carboxylic acids is 1. The van der Waals surface area contributed by atoms with Crippen LogP contribution in [-0.2, 0) is 0 Å². The highest BCUT2D eigenvalue weighted by atomic mass is 35.5. The Hall–Kier alpha value is -1.73. The number of nitrogens with zero attached hydrogens (tertiary/aromatic N) is 2. The monoisotopic (exact) mass is 287 g/mol. The fourth-order valence-electron chi connectivity index (χ4n) is 1.23. The lowest BCUT2D eigenvalue weighted by molar-refractivity contribution is 0.102. The van der Waals surface area contributed by atoms with Gasteiger partial charge in [-0.15, -0.1) is 10.2 Å². The van der Waals surface area contributed by atoms with Crippen molar-refractivity contribution in [2.75, 3.05) is 12.4 Å². The Morgan fingerprint density at radius 2 is 2.28 bits per heavy atom. The van der Waals surface area contributed by atoms with Gasteiger partial charge in [0.15, 0.2) is 11.6 Å². The minimum atomic E-state index is -0.564. The van der Waals surface area contributed by atoms with Crippen LogP contribution < -0.4 is 10.1 Å². The number of hydrogen-bond acceptors (Lipinski definition) is 5. The minimum absolute atomic E-state index is 0.104. The summed E-state index contributed by atoms with van der Waals surface area (Å²) < 4.78 is 18.3. The van der Waals surface area contributed by atoms with Gasteiger partial charge in [-0.25, -0.2) is 4.39 Å². The third-order valence-electron chi connectivity index (χ3n) is 2.00. The number of hydrogen-bond donors (Lipinski definition) is 1. The Kier molecular flexibility index (Phi) is 3.73. The van der Waals surface area contributed by atoms with E-state index in [4.69, 9.17) is 16.3 Å². The Bertz CT molecular complexity index is 590. The summed E-state index contributed by atoms with van der Waals surface area (Å²) in [4.78, 5) is 11.7. The molecule has 0 saturated carbocycles. The number of amides is 1. The van der Waals surface area contributed by atoms with Crippen LogP contribution >= 0.6 is 22.9 Å². The van der Waals surface area contributed by atoms with Crippen LogP contribution in [0.15, 0.2) is 18.2 Å². The fourth-order valence-corrected chi connectivity index (χ4v) is 1.95. The number of carbonyl (C=O) groups is 1. The van der Waals surface area contributed by atoms with Crippen molar-refractivity contribution in [3.05, 3.63) is 33.5 Å². The smallest absolute Gasteiger partial charge is 0.286 e. The third kappa shape index (κ3) is 2.74. The summed E-state index contributed by atoms with van der Waals surface area (Å²) in [5.74, 6) is -0.957. The molecule has 18 heavy (non-hydrogen) atoms. The van der Waals surface area contributed by atoms with E-state index in [0.717, 1.165) is 17.4 Å². The first-order valence-corrected chi connectivity index (χ1v) is 5.93. The van der Waals surface area contributed by atoms with Crippen LogP contribution in [0.1, 0.15) is 9.80 Å². The standard InChI is InChI=1S/C10H7ClFN3O2S/c1-17-7-3-2-5(4-6(7)12)13-8(16)9-14-15-10(11)18-9/h2-4H,1H3,(H,13,16). The number of anilines is 1. The second-order valence-electron chi connectivity index (χ2n) is 3.16. The molecule has 0 unspecified atom stereocenters. The fraction of sp³-hybridized carbons (Fsp3) is 0.100. The molecule has 2 rings (SSSR count). The van der Waals surface area contributed by atoms with Crippen LogP contribution in [0.4, 0.5) is 10.1 Å². The van der Waals surface area contributed by atoms with E-state index in [0.29, 0.717) is 5.69 Å². The molecule has 0 fully saturated rings. The SMILES string of the molecule is COc1ccc(NC(=O)c2nnc(Cl)s2)cc1F. The van der Waals surface area contributed by atoms with Crippen LogP contribution in [-0.4, -0.2) is 23.2 Å². The number of aromatic nitrogens is 2. The van der Waals surface area contributed by atoms with Crippen LogP contribution in [0.3, 0.4) is 0 Å². The van der Waals surface area contributed by atoms with Gasteiger partial charge >= 0.3 is 0 Å². The normalized spacial score (nSPS) is 10.2. The lowest BCUT2D eigenvalue weighted by Crippen LogP contribution is -2.11. The highest BCUT2D eigenvalue weighted by molar-refractivity contribution is 7.17. The van der Waals surface area contributed by atoms with Gasteiger partial charge in [-0.3, -0.25) is 4.79 Å². The third-order valence-corrected chi connectivity index (χ3v) is 3.02. The molecule has 0 aliphatic carbocycles. The van der Waals surface area contributed by atoms with E-state index in [-0.39, 0.29) is 15.2 Å². The molecule has 0 aliphatic rings. The zero-order chi connectivity index (χ0) is 13.1. The Labute approximate surface area is 111 Å². The van der Waals surface area contributed by atoms with Crippen LogP contribution in [0, 0.1) is 5.82 Å². The first-order valence-electron chi connectivity index (χ1n) is 4.74. The van der Waals surface area contributed by atoms with Crippen molar-refractivity contribution in [3.63, 3.8) is 0 Å². The summed E-state index contributed by atoms with van der Waals surface area (Å²) in [7, 11) is 1.36. The second kappa shape index (κ2) is 5.28. The maximum atomic E-state index is 13.4. The zero-order valence-corrected chi connectivity index (χ0v) is 10.7. The van der Waals surface area contributed by atoms with Crippen molar-refractivity contribution in [1.82, 2.24) is 10.2 Å². The van der Waals surface area contributed by atoms with Crippen LogP contribution in [0.5, 0.6) is 5.75 Å². The molecular weight excluding hydrogens is 281 g/mol. The van der Waals surface area contributed by atoms with E-state index in [2.05, 4.69) is 15.5 Å². The molecule has 1 amide bonds. The highest BCUT2D eigenvalue weighted by Gasteiger charge is 2.13. The Balaban J connectivity index is 2.14. The van der Waals surface area contributed by atoms with Crippen molar-refractivity contribution in [2.24, 2.45) is 0 Å². The number of rotatable bonds is 3. The highest BCUT2D eigenvalue weighted by Crippen LogP contribution is 2.22. The summed E-state index contributed by atoms with van der Waals surface area (Å²) in [5, 5.41) is 9.66. The molecule has 1 aromatic carbocycles. The van der Waals surface area contributed by atoms with Gasteiger partial charge in [0.05, 0.1) is 7.11 Å². The predicted octanol–water partition coefficient (Wildman–Crippen LogP) is 2.59.